The maximum absolute atomic E-state index is 12.2. The van der Waals surface area contributed by atoms with Gasteiger partial charge in [0.15, 0.2) is 0 Å². The van der Waals surface area contributed by atoms with Crippen LogP contribution in [0.4, 0.5) is 0 Å². The second kappa shape index (κ2) is 6.34. The average molecular weight is 324 g/mol. The minimum atomic E-state index is -0.331. The van der Waals surface area contributed by atoms with E-state index in [4.69, 9.17) is 11.6 Å². The van der Waals surface area contributed by atoms with Gasteiger partial charge in [0.05, 0.1) is 17.7 Å². The number of aliphatic hydroxyl groups is 1. The van der Waals surface area contributed by atoms with Gasteiger partial charge in [0, 0.05) is 20.9 Å². The molecule has 1 saturated carbocycles. The van der Waals surface area contributed by atoms with Gasteiger partial charge in [0.1, 0.15) is 0 Å². The smallest absolute Gasteiger partial charge is 0.223 e. The third kappa shape index (κ3) is 3.23. The van der Waals surface area contributed by atoms with Crippen LogP contribution < -0.4 is 5.32 Å². The molecule has 0 aliphatic heterocycles. The highest BCUT2D eigenvalue weighted by Crippen LogP contribution is 2.35. The van der Waals surface area contributed by atoms with E-state index in [9.17, 15) is 9.90 Å². The van der Waals surface area contributed by atoms with Gasteiger partial charge in [0.2, 0.25) is 5.91 Å². The molecule has 1 aromatic carbocycles. The highest BCUT2D eigenvalue weighted by Gasteiger charge is 2.26. The van der Waals surface area contributed by atoms with E-state index >= 15 is 0 Å². The second-order valence-corrected chi connectivity index (χ2v) is 7.09. The van der Waals surface area contributed by atoms with Gasteiger partial charge < -0.3 is 10.4 Å². The minimum absolute atomic E-state index is 0.0299. The van der Waals surface area contributed by atoms with Crippen molar-refractivity contribution in [2.24, 2.45) is 5.92 Å². The first-order valence-electron chi connectivity index (χ1n) is 7.27. The molecule has 0 radical (unpaired) electrons. The molecule has 2 atom stereocenters. The van der Waals surface area contributed by atoms with Crippen LogP contribution in [0.15, 0.2) is 24.3 Å². The fourth-order valence-corrected chi connectivity index (χ4v) is 4.33. The van der Waals surface area contributed by atoms with E-state index in [1.165, 1.54) is 0 Å². The molecule has 3 rings (SSSR count). The Morgan fingerprint density at radius 1 is 1.38 bits per heavy atom. The Morgan fingerprint density at radius 2 is 2.19 bits per heavy atom. The summed E-state index contributed by atoms with van der Waals surface area (Å²) in [5.41, 5.74) is 0. The summed E-state index contributed by atoms with van der Waals surface area (Å²) < 4.78 is 1.14. The molecule has 1 amide bonds. The van der Waals surface area contributed by atoms with Crippen molar-refractivity contribution in [3.8, 4) is 0 Å². The Morgan fingerprint density at radius 3 is 2.95 bits per heavy atom. The van der Waals surface area contributed by atoms with Crippen molar-refractivity contribution in [3.05, 3.63) is 34.2 Å². The van der Waals surface area contributed by atoms with Crippen molar-refractivity contribution in [3.63, 3.8) is 0 Å². The summed E-state index contributed by atoms with van der Waals surface area (Å²) in [6.07, 6.45) is 2.84. The number of rotatable bonds is 3. The molecule has 0 spiro atoms. The Labute approximate surface area is 132 Å². The predicted octanol–water partition coefficient (Wildman–Crippen LogP) is 3.72. The van der Waals surface area contributed by atoms with E-state index in [0.29, 0.717) is 13.0 Å². The van der Waals surface area contributed by atoms with Crippen molar-refractivity contribution in [2.45, 2.75) is 38.3 Å². The number of nitrogens with one attached hydrogen (secondary N) is 1. The Bertz CT molecular complexity index is 655. The summed E-state index contributed by atoms with van der Waals surface area (Å²) in [6.45, 7) is 0.462. The minimum Gasteiger partial charge on any atom is -0.393 e. The van der Waals surface area contributed by atoms with Crippen LogP contribution >= 0.6 is 22.9 Å². The summed E-state index contributed by atoms with van der Waals surface area (Å²) in [5.74, 6) is -0.0378. The predicted molar refractivity (Wildman–Crippen MR) is 86.6 cm³/mol. The van der Waals surface area contributed by atoms with Crippen molar-refractivity contribution in [1.29, 1.82) is 0 Å². The number of aliphatic hydroxyl groups excluding tert-OH is 1. The monoisotopic (exact) mass is 323 g/mol. The zero-order valence-electron chi connectivity index (χ0n) is 11.6. The molecule has 0 unspecified atom stereocenters. The number of fused-ring (bicyclic) bond motifs is 1. The first-order valence-corrected chi connectivity index (χ1v) is 8.46. The summed E-state index contributed by atoms with van der Waals surface area (Å²) >= 11 is 7.99. The molecule has 1 heterocycles. The average Bonchev–Trinajstić information content (AvgIpc) is 2.82. The van der Waals surface area contributed by atoms with Gasteiger partial charge in [0.25, 0.3) is 0 Å². The van der Waals surface area contributed by atoms with Gasteiger partial charge in [-0.3, -0.25) is 4.79 Å². The number of hydrogen-bond donors (Lipinski definition) is 2. The molecule has 5 heteroatoms. The number of halogens is 1. The van der Waals surface area contributed by atoms with Crippen LogP contribution in [-0.4, -0.2) is 17.1 Å². The fourth-order valence-electron chi connectivity index (χ4n) is 2.89. The van der Waals surface area contributed by atoms with E-state index in [1.807, 2.05) is 24.3 Å². The van der Waals surface area contributed by atoms with Crippen LogP contribution in [0.5, 0.6) is 0 Å². The Hall–Kier alpha value is -1.10. The molecule has 1 aliphatic rings. The van der Waals surface area contributed by atoms with Crippen LogP contribution in [0.2, 0.25) is 5.02 Å². The first-order chi connectivity index (χ1) is 10.1. The lowest BCUT2D eigenvalue weighted by Gasteiger charge is -2.24. The lowest BCUT2D eigenvalue weighted by Crippen LogP contribution is -2.34. The third-order valence-electron chi connectivity index (χ3n) is 4.04. The van der Waals surface area contributed by atoms with Crippen molar-refractivity contribution in [2.75, 3.05) is 0 Å². The lowest BCUT2D eigenvalue weighted by molar-refractivity contribution is -0.127. The van der Waals surface area contributed by atoms with Gasteiger partial charge in [-0.05, 0) is 25.3 Å². The molecule has 0 bridgehead atoms. The van der Waals surface area contributed by atoms with Crippen molar-refractivity contribution < 1.29 is 9.90 Å². The van der Waals surface area contributed by atoms with Crippen molar-refractivity contribution >= 4 is 38.9 Å². The zero-order chi connectivity index (χ0) is 14.8. The third-order valence-corrected chi connectivity index (χ3v) is 5.76. The van der Waals surface area contributed by atoms with Gasteiger partial charge in [-0.15, -0.1) is 11.3 Å². The van der Waals surface area contributed by atoms with E-state index in [2.05, 4.69) is 5.32 Å². The number of amides is 1. The molecule has 0 saturated heterocycles. The quantitative estimate of drug-likeness (QED) is 0.904. The first kappa shape index (κ1) is 14.8. The van der Waals surface area contributed by atoms with E-state index in [1.54, 1.807) is 11.3 Å². The van der Waals surface area contributed by atoms with Crippen LogP contribution in [-0.2, 0) is 11.3 Å². The molecule has 3 nitrogen and oxygen atoms in total. The maximum Gasteiger partial charge on any atom is 0.223 e. The second-order valence-electron chi connectivity index (χ2n) is 5.57. The van der Waals surface area contributed by atoms with Gasteiger partial charge in [-0.25, -0.2) is 0 Å². The van der Waals surface area contributed by atoms with Crippen LogP contribution in [0.1, 0.15) is 30.6 Å². The van der Waals surface area contributed by atoms with Gasteiger partial charge in [-0.1, -0.05) is 36.2 Å². The maximum atomic E-state index is 12.2. The normalized spacial score (nSPS) is 22.4. The van der Waals surface area contributed by atoms with Crippen molar-refractivity contribution in [1.82, 2.24) is 5.32 Å². The molecule has 21 heavy (non-hydrogen) atoms. The SMILES string of the molecule is O=C(NCc1sc2ccccc2c1Cl)[C@H]1CCC[C@H](O)C1. The molecule has 1 aliphatic carbocycles. The largest absolute Gasteiger partial charge is 0.393 e. The number of benzene rings is 1. The fraction of sp³-hybridized carbons (Fsp3) is 0.438. The molecule has 1 fully saturated rings. The number of hydrogen-bond acceptors (Lipinski definition) is 3. The molecule has 2 aromatic rings. The molecule has 112 valence electrons. The summed E-state index contributed by atoms with van der Waals surface area (Å²) in [4.78, 5) is 13.2. The summed E-state index contributed by atoms with van der Waals surface area (Å²) in [5, 5.41) is 14.4. The van der Waals surface area contributed by atoms with Gasteiger partial charge >= 0.3 is 0 Å². The number of thiophene rings is 1. The van der Waals surface area contributed by atoms with Crippen LogP contribution in [0.3, 0.4) is 0 Å². The topological polar surface area (TPSA) is 49.3 Å². The molecule has 1 aromatic heterocycles. The van der Waals surface area contributed by atoms with E-state index < -0.39 is 0 Å². The number of carbonyl (C=O) groups excluding carboxylic acids is 1. The highest BCUT2D eigenvalue weighted by atomic mass is 35.5. The summed E-state index contributed by atoms with van der Waals surface area (Å²) in [7, 11) is 0. The summed E-state index contributed by atoms with van der Waals surface area (Å²) in [6, 6.07) is 7.99. The Kier molecular flexibility index (Phi) is 4.48. The zero-order valence-corrected chi connectivity index (χ0v) is 13.2. The van der Waals surface area contributed by atoms with E-state index in [0.717, 1.165) is 39.2 Å². The number of carbonyl (C=O) groups is 1. The molecular formula is C16H18ClNO2S. The Balaban J connectivity index is 1.66. The molecule has 2 N–H and O–H groups in total. The highest BCUT2D eigenvalue weighted by molar-refractivity contribution is 7.19. The lowest BCUT2D eigenvalue weighted by atomic mass is 9.87. The van der Waals surface area contributed by atoms with Crippen LogP contribution in [0, 0.1) is 5.92 Å². The standard InChI is InChI=1S/C16H18ClNO2S/c17-15-12-6-1-2-7-13(12)21-14(15)9-18-16(20)10-4-3-5-11(19)8-10/h1-2,6-7,10-11,19H,3-5,8-9H2,(H,18,20)/t10-,11-/m0/s1. The van der Waals surface area contributed by atoms with Crippen LogP contribution in [0.25, 0.3) is 10.1 Å². The van der Waals surface area contributed by atoms with E-state index in [-0.39, 0.29) is 17.9 Å². The molecular weight excluding hydrogens is 306 g/mol. The van der Waals surface area contributed by atoms with Gasteiger partial charge in [-0.2, -0.15) is 0 Å².